The summed E-state index contributed by atoms with van der Waals surface area (Å²) >= 11 is 0. The van der Waals surface area contributed by atoms with Crippen LogP contribution in [0.2, 0.25) is 0 Å². The number of aliphatic hydroxyl groups excluding tert-OH is 2. The van der Waals surface area contributed by atoms with Crippen LogP contribution in [0.5, 0.6) is 0 Å². The van der Waals surface area contributed by atoms with Crippen LogP contribution in [0.3, 0.4) is 0 Å². The molecule has 0 saturated heterocycles. The summed E-state index contributed by atoms with van der Waals surface area (Å²) in [4.78, 5) is 24.8. The zero-order chi connectivity index (χ0) is 22.4. The maximum absolute atomic E-state index is 12.6. The van der Waals surface area contributed by atoms with Crippen LogP contribution < -0.4 is 10.6 Å². The Morgan fingerprint density at radius 3 is 1.66 bits per heavy atom. The Hall–Kier alpha value is -1.14. The molecular weight excluding hydrogens is 368 g/mol. The van der Waals surface area contributed by atoms with E-state index in [0.29, 0.717) is 18.8 Å². The van der Waals surface area contributed by atoms with Gasteiger partial charge in [0.2, 0.25) is 11.8 Å². The van der Waals surface area contributed by atoms with Gasteiger partial charge in [0, 0.05) is 25.4 Å². The number of carbonyl (C=O) groups excluding carboxylic acids is 2. The Bertz CT molecular complexity index is 448. The highest BCUT2D eigenvalue weighted by atomic mass is 16.3. The summed E-state index contributed by atoms with van der Waals surface area (Å²) in [6, 6.07) is 0. The summed E-state index contributed by atoms with van der Waals surface area (Å²) in [7, 11) is 0. The average Bonchev–Trinajstić information content (AvgIpc) is 2.69. The lowest BCUT2D eigenvalue weighted by Gasteiger charge is -2.23. The summed E-state index contributed by atoms with van der Waals surface area (Å²) in [6.45, 7) is 12.8. The number of hydrogen-bond acceptors (Lipinski definition) is 4. The molecule has 0 radical (unpaired) electrons. The SMILES string of the molecule is CCC(CC)[C@H](O)CNC(=O)CC[C@@H](CC(C)C)C(=O)NC[C@@H](O)C(CC)CC. The van der Waals surface area contributed by atoms with Gasteiger partial charge in [-0.05, 0) is 30.6 Å². The molecular formula is C23H46N2O4. The number of amides is 2. The highest BCUT2D eigenvalue weighted by Crippen LogP contribution is 2.19. The van der Waals surface area contributed by atoms with Gasteiger partial charge in [0.25, 0.3) is 0 Å². The molecule has 0 aliphatic carbocycles. The minimum atomic E-state index is -0.538. The molecule has 0 saturated carbocycles. The molecule has 2 amide bonds. The molecule has 6 nitrogen and oxygen atoms in total. The summed E-state index contributed by atoms with van der Waals surface area (Å²) in [5, 5.41) is 26.1. The Morgan fingerprint density at radius 2 is 1.24 bits per heavy atom. The van der Waals surface area contributed by atoms with Gasteiger partial charge < -0.3 is 20.8 Å². The van der Waals surface area contributed by atoms with Gasteiger partial charge in [0.05, 0.1) is 12.2 Å². The predicted octanol–water partition coefficient (Wildman–Crippen LogP) is 3.26. The molecule has 0 rings (SSSR count). The van der Waals surface area contributed by atoms with Crippen molar-refractivity contribution in [3.05, 3.63) is 0 Å². The quantitative estimate of drug-likeness (QED) is 0.311. The van der Waals surface area contributed by atoms with Gasteiger partial charge in [0.15, 0.2) is 0 Å². The second-order valence-corrected chi connectivity index (χ2v) is 8.70. The number of rotatable bonds is 16. The average molecular weight is 415 g/mol. The van der Waals surface area contributed by atoms with Gasteiger partial charge in [0.1, 0.15) is 0 Å². The van der Waals surface area contributed by atoms with Crippen LogP contribution in [0.25, 0.3) is 0 Å². The second kappa shape index (κ2) is 15.7. The Labute approximate surface area is 178 Å². The van der Waals surface area contributed by atoms with Crippen LogP contribution in [-0.2, 0) is 9.59 Å². The van der Waals surface area contributed by atoms with Crippen LogP contribution in [-0.4, -0.2) is 47.3 Å². The van der Waals surface area contributed by atoms with Crippen LogP contribution in [0, 0.1) is 23.7 Å². The Morgan fingerprint density at radius 1 is 0.793 bits per heavy atom. The predicted molar refractivity (Wildman–Crippen MR) is 118 cm³/mol. The summed E-state index contributed by atoms with van der Waals surface area (Å²) in [5.41, 5.74) is 0. The molecule has 0 aromatic heterocycles. The van der Waals surface area contributed by atoms with Crippen molar-refractivity contribution in [1.82, 2.24) is 10.6 Å². The van der Waals surface area contributed by atoms with Gasteiger partial charge in [-0.25, -0.2) is 0 Å². The lowest BCUT2D eigenvalue weighted by Crippen LogP contribution is -2.40. The number of nitrogens with one attached hydrogen (secondary N) is 2. The summed E-state index contributed by atoms with van der Waals surface area (Å²) < 4.78 is 0. The van der Waals surface area contributed by atoms with E-state index in [0.717, 1.165) is 25.7 Å². The van der Waals surface area contributed by atoms with Crippen molar-refractivity contribution < 1.29 is 19.8 Å². The van der Waals surface area contributed by atoms with E-state index < -0.39 is 12.2 Å². The van der Waals surface area contributed by atoms with E-state index in [1.165, 1.54) is 0 Å². The van der Waals surface area contributed by atoms with E-state index >= 15 is 0 Å². The first-order valence-corrected chi connectivity index (χ1v) is 11.6. The first-order valence-electron chi connectivity index (χ1n) is 11.6. The first-order chi connectivity index (χ1) is 13.7. The van der Waals surface area contributed by atoms with Crippen LogP contribution >= 0.6 is 0 Å². The molecule has 29 heavy (non-hydrogen) atoms. The fourth-order valence-electron chi connectivity index (χ4n) is 3.89. The fraction of sp³-hybridized carbons (Fsp3) is 0.913. The second-order valence-electron chi connectivity index (χ2n) is 8.70. The van der Waals surface area contributed by atoms with E-state index in [9.17, 15) is 19.8 Å². The zero-order valence-corrected chi connectivity index (χ0v) is 19.5. The first kappa shape index (κ1) is 27.9. The van der Waals surface area contributed by atoms with Crippen molar-refractivity contribution in [3.8, 4) is 0 Å². The molecule has 0 unspecified atom stereocenters. The van der Waals surface area contributed by atoms with Crippen molar-refractivity contribution in [2.75, 3.05) is 13.1 Å². The van der Waals surface area contributed by atoms with Gasteiger partial charge in [-0.1, -0.05) is 67.2 Å². The van der Waals surface area contributed by atoms with Crippen molar-refractivity contribution in [2.24, 2.45) is 23.7 Å². The van der Waals surface area contributed by atoms with Crippen molar-refractivity contribution in [3.63, 3.8) is 0 Å². The third-order valence-corrected chi connectivity index (χ3v) is 6.03. The third-order valence-electron chi connectivity index (χ3n) is 6.03. The van der Waals surface area contributed by atoms with Gasteiger partial charge in [-0.15, -0.1) is 0 Å². The van der Waals surface area contributed by atoms with Gasteiger partial charge in [-0.2, -0.15) is 0 Å². The molecule has 4 N–H and O–H groups in total. The Balaban J connectivity index is 4.56. The normalized spacial score (nSPS) is 14.9. The maximum atomic E-state index is 12.6. The molecule has 0 fully saturated rings. The minimum Gasteiger partial charge on any atom is -0.391 e. The lowest BCUT2D eigenvalue weighted by molar-refractivity contribution is -0.127. The fourth-order valence-corrected chi connectivity index (χ4v) is 3.89. The monoisotopic (exact) mass is 414 g/mol. The summed E-state index contributed by atoms with van der Waals surface area (Å²) in [6.07, 6.45) is 3.89. The van der Waals surface area contributed by atoms with Crippen molar-refractivity contribution in [2.45, 2.75) is 98.7 Å². The standard InChI is InChI=1S/C23H46N2O4/c1-7-17(8-2)20(26)14-24-22(28)12-11-19(13-16(5)6)23(29)25-15-21(27)18(9-3)10-4/h16-21,26-27H,7-15H2,1-6H3,(H,24,28)(H,25,29)/t19-,20+,21+/m0/s1. The third kappa shape index (κ3) is 11.6. The molecule has 0 heterocycles. The number of carbonyl (C=O) groups is 2. The van der Waals surface area contributed by atoms with E-state index in [1.807, 2.05) is 27.7 Å². The van der Waals surface area contributed by atoms with Gasteiger partial charge >= 0.3 is 0 Å². The maximum Gasteiger partial charge on any atom is 0.223 e. The largest absolute Gasteiger partial charge is 0.391 e. The molecule has 0 spiro atoms. The molecule has 172 valence electrons. The number of aliphatic hydroxyl groups is 2. The Kier molecular flexibility index (Phi) is 15.1. The minimum absolute atomic E-state index is 0.0893. The number of hydrogen-bond donors (Lipinski definition) is 4. The van der Waals surface area contributed by atoms with Crippen LogP contribution in [0.15, 0.2) is 0 Å². The van der Waals surface area contributed by atoms with Crippen molar-refractivity contribution >= 4 is 11.8 Å². The smallest absolute Gasteiger partial charge is 0.223 e. The molecule has 0 aromatic rings. The molecule has 0 aliphatic heterocycles. The van der Waals surface area contributed by atoms with E-state index in [-0.39, 0.29) is 49.1 Å². The topological polar surface area (TPSA) is 98.7 Å². The molecule has 0 bridgehead atoms. The molecule has 0 aromatic carbocycles. The van der Waals surface area contributed by atoms with Crippen LogP contribution in [0.1, 0.15) is 86.5 Å². The zero-order valence-electron chi connectivity index (χ0n) is 19.5. The van der Waals surface area contributed by atoms with E-state index in [4.69, 9.17) is 0 Å². The van der Waals surface area contributed by atoms with E-state index in [2.05, 4.69) is 24.5 Å². The van der Waals surface area contributed by atoms with Gasteiger partial charge in [-0.3, -0.25) is 9.59 Å². The van der Waals surface area contributed by atoms with Crippen LogP contribution in [0.4, 0.5) is 0 Å². The highest BCUT2D eigenvalue weighted by molar-refractivity contribution is 5.80. The molecule has 6 heteroatoms. The molecule has 3 atom stereocenters. The van der Waals surface area contributed by atoms with Crippen molar-refractivity contribution in [1.29, 1.82) is 0 Å². The summed E-state index contributed by atoms with van der Waals surface area (Å²) in [5.74, 6) is 0.248. The highest BCUT2D eigenvalue weighted by Gasteiger charge is 2.23. The molecule has 0 aliphatic rings. The lowest BCUT2D eigenvalue weighted by atomic mass is 9.91. The van der Waals surface area contributed by atoms with E-state index in [1.54, 1.807) is 0 Å².